The summed E-state index contributed by atoms with van der Waals surface area (Å²) in [6.07, 6.45) is 11.2. The van der Waals surface area contributed by atoms with E-state index >= 15 is 0 Å². The first-order valence-electron chi connectivity index (χ1n) is 22.4. The van der Waals surface area contributed by atoms with Crippen LogP contribution in [0.3, 0.4) is 0 Å². The Hall–Kier alpha value is -5.38. The molecule has 0 bridgehead atoms. The van der Waals surface area contributed by atoms with Crippen molar-refractivity contribution in [3.05, 3.63) is 90.0 Å². The first-order chi connectivity index (χ1) is 30.5. The second-order valence-electron chi connectivity index (χ2n) is 17.2. The van der Waals surface area contributed by atoms with Crippen molar-refractivity contribution in [2.75, 3.05) is 19.3 Å². The molecule has 0 aliphatic carbocycles. The molecule has 2 heterocycles. The zero-order valence-electron chi connectivity index (χ0n) is 37.3. The van der Waals surface area contributed by atoms with Crippen LogP contribution in [0.2, 0.25) is 0 Å². The van der Waals surface area contributed by atoms with Gasteiger partial charge in [0.15, 0.2) is 0 Å². The number of nitrogens with zero attached hydrogens (tertiary/aromatic N) is 3. The maximum atomic E-state index is 14.1. The van der Waals surface area contributed by atoms with Gasteiger partial charge >= 0.3 is 7.60 Å². The predicted octanol–water partition coefficient (Wildman–Crippen LogP) is 3.16. The molecule has 1 fully saturated rings. The van der Waals surface area contributed by atoms with E-state index in [0.717, 1.165) is 44.9 Å². The van der Waals surface area contributed by atoms with E-state index in [2.05, 4.69) is 50.5 Å². The van der Waals surface area contributed by atoms with Gasteiger partial charge in [-0.1, -0.05) is 100 Å². The number of imidazole rings is 1. The molecule has 1 aliphatic rings. The Bertz CT molecular complexity index is 2030. The summed E-state index contributed by atoms with van der Waals surface area (Å²) in [6, 6.07) is 14.6. The summed E-state index contributed by atoms with van der Waals surface area (Å²) in [5.41, 5.74) is 8.31. The maximum absolute atomic E-state index is 14.1. The topological polar surface area (TPSA) is 255 Å². The molecule has 0 spiro atoms. The fourth-order valence-electron chi connectivity index (χ4n) is 8.21. The average Bonchev–Trinajstić information content (AvgIpc) is 3.92. The zero-order chi connectivity index (χ0) is 46.6. The summed E-state index contributed by atoms with van der Waals surface area (Å²) in [4.78, 5) is 105. The lowest BCUT2D eigenvalue weighted by Crippen LogP contribution is -2.58. The lowest BCUT2D eigenvalue weighted by molar-refractivity contribution is -0.138. The highest BCUT2D eigenvalue weighted by Crippen LogP contribution is 2.38. The largest absolute Gasteiger partial charge is 0.368 e. The molecule has 0 radical (unpaired) electrons. The van der Waals surface area contributed by atoms with E-state index in [1.54, 1.807) is 42.9 Å². The van der Waals surface area contributed by atoms with Gasteiger partial charge in [-0.05, 0) is 62.0 Å². The molecule has 0 unspecified atom stereocenters. The minimum Gasteiger partial charge on any atom is -0.368 e. The summed E-state index contributed by atoms with van der Waals surface area (Å²) in [6.45, 7) is 5.56. The molecule has 3 aromatic rings. The highest BCUT2D eigenvalue weighted by molar-refractivity contribution is 7.51. The number of nitrogens with one attached hydrogen (secondary N) is 4. The number of carbonyl (C=O) groups excluding carboxylic acids is 6. The fraction of sp³-hybridized carbons (Fsp3) is 0.543. The number of aromatic nitrogens is 2. The van der Waals surface area contributed by atoms with Crippen molar-refractivity contribution in [1.82, 2.24) is 35.7 Å². The van der Waals surface area contributed by atoms with E-state index in [4.69, 9.17) is 5.73 Å². The molecule has 17 nitrogen and oxygen atoms in total. The number of primary amides is 1. The van der Waals surface area contributed by atoms with Crippen LogP contribution in [0.5, 0.6) is 0 Å². The Morgan fingerprint density at radius 2 is 1.47 bits per heavy atom. The van der Waals surface area contributed by atoms with Gasteiger partial charge in [0.05, 0.1) is 19.0 Å². The lowest BCUT2D eigenvalue weighted by Gasteiger charge is -2.28. The molecule has 64 heavy (non-hydrogen) atoms. The average molecular weight is 907 g/mol. The van der Waals surface area contributed by atoms with E-state index < -0.39 is 79.9 Å². The first kappa shape index (κ1) is 51.3. The van der Waals surface area contributed by atoms with Gasteiger partial charge in [-0.25, -0.2) is 4.98 Å². The van der Waals surface area contributed by atoms with Crippen LogP contribution in [0, 0.1) is 11.8 Å². The van der Waals surface area contributed by atoms with Gasteiger partial charge in [0.25, 0.3) is 0 Å². The van der Waals surface area contributed by atoms with Crippen LogP contribution in [0.4, 0.5) is 0 Å². The van der Waals surface area contributed by atoms with E-state index in [9.17, 15) is 43.1 Å². The summed E-state index contributed by atoms with van der Waals surface area (Å²) >= 11 is 0. The Morgan fingerprint density at radius 1 is 0.828 bits per heavy atom. The van der Waals surface area contributed by atoms with Crippen LogP contribution in [0.15, 0.2) is 73.2 Å². The van der Waals surface area contributed by atoms with E-state index in [-0.39, 0.29) is 31.1 Å². The number of likely N-dealkylation sites (tertiary alicyclic amines) is 1. The van der Waals surface area contributed by atoms with Gasteiger partial charge in [0, 0.05) is 44.2 Å². The molecular formula is C46H67N8O9P. The second-order valence-corrected chi connectivity index (χ2v) is 18.9. The van der Waals surface area contributed by atoms with Gasteiger partial charge in [-0.15, -0.1) is 0 Å². The van der Waals surface area contributed by atoms with E-state index in [1.165, 1.54) is 17.4 Å². The van der Waals surface area contributed by atoms with Crippen LogP contribution in [0.25, 0.3) is 0 Å². The van der Waals surface area contributed by atoms with Gasteiger partial charge in [0.2, 0.25) is 35.4 Å². The van der Waals surface area contributed by atoms with Gasteiger partial charge in [-0.2, -0.15) is 0 Å². The van der Waals surface area contributed by atoms with Crippen LogP contribution in [-0.2, 0) is 59.1 Å². The van der Waals surface area contributed by atoms with Crippen molar-refractivity contribution < 1.29 is 43.1 Å². The maximum Gasteiger partial charge on any atom is 0.325 e. The second kappa shape index (κ2) is 25.8. The van der Waals surface area contributed by atoms with Crippen molar-refractivity contribution in [3.8, 4) is 0 Å². The SMILES string of the molecule is CC(=O)N1CCC[C@H]1C(=O)N[C@@H](CC(C)C)C(=O)N[C@@H](Cc1cncn1CCCCCCCCc1ccccc1)C(=O)NCC(=O)N[C@@H](C(N)=O)[C@H](Cc1ccccc1)CP(=O)(O)O. The number of unbranched alkanes of at least 4 members (excludes halogenated alkanes) is 5. The number of benzene rings is 2. The number of rotatable bonds is 27. The summed E-state index contributed by atoms with van der Waals surface area (Å²) in [5, 5.41) is 10.6. The van der Waals surface area contributed by atoms with Crippen molar-refractivity contribution in [2.45, 2.75) is 129 Å². The minimum absolute atomic E-state index is 0.0182. The molecule has 350 valence electrons. The third-order valence-electron chi connectivity index (χ3n) is 11.4. The molecular weight excluding hydrogens is 840 g/mol. The summed E-state index contributed by atoms with van der Waals surface area (Å²) < 4.78 is 14.0. The molecule has 1 aromatic heterocycles. The lowest BCUT2D eigenvalue weighted by atomic mass is 9.93. The summed E-state index contributed by atoms with van der Waals surface area (Å²) in [5.74, 6) is -5.07. The minimum atomic E-state index is -4.67. The van der Waals surface area contributed by atoms with E-state index in [0.29, 0.717) is 37.2 Å². The molecule has 0 saturated carbocycles. The highest BCUT2D eigenvalue weighted by atomic mass is 31.2. The smallest absolute Gasteiger partial charge is 0.325 e. The van der Waals surface area contributed by atoms with Crippen molar-refractivity contribution in [2.24, 2.45) is 17.6 Å². The van der Waals surface area contributed by atoms with Crippen molar-refractivity contribution in [3.63, 3.8) is 0 Å². The first-order valence-corrected chi connectivity index (χ1v) is 24.2. The highest BCUT2D eigenvalue weighted by Gasteiger charge is 2.37. The molecule has 1 aliphatic heterocycles. The number of aryl methyl sites for hydroxylation is 2. The molecule has 1 saturated heterocycles. The van der Waals surface area contributed by atoms with Crippen LogP contribution < -0.4 is 27.0 Å². The van der Waals surface area contributed by atoms with Crippen LogP contribution >= 0.6 is 7.60 Å². The Balaban J connectivity index is 1.45. The molecule has 2 aromatic carbocycles. The number of hydrogen-bond acceptors (Lipinski definition) is 8. The molecule has 18 heteroatoms. The normalized spacial score (nSPS) is 15.8. The van der Waals surface area contributed by atoms with Crippen molar-refractivity contribution in [1.29, 1.82) is 0 Å². The third-order valence-corrected chi connectivity index (χ3v) is 12.4. The molecule has 6 amide bonds. The van der Waals surface area contributed by atoms with Gasteiger partial charge in [-0.3, -0.25) is 33.3 Å². The standard InChI is InChI=1S/C46H67N8O9P/c1-32(2)25-38(51-46(60)40-22-16-24-54(40)33(3)55)45(59)50-39(27-37-28-48-31-53(37)23-15-7-5-4-6-10-17-34-18-11-8-12-19-34)44(58)49-29-41(56)52-42(43(47)57)36(30-64(61,62)63)26-35-20-13-9-14-21-35/h8-9,11-14,18-21,28,31-32,36,38-40,42H,4-7,10,15-17,22-27,29-30H2,1-3H3,(H2,47,57)(H,49,58)(H,50,59)(H,51,60)(H,52,56)(H2,61,62,63)/t36-,38+,39+,40+,42-/m1/s1. The zero-order valence-corrected chi connectivity index (χ0v) is 38.2. The summed E-state index contributed by atoms with van der Waals surface area (Å²) in [7, 11) is -4.67. The van der Waals surface area contributed by atoms with Gasteiger partial charge in [0.1, 0.15) is 24.2 Å². The third kappa shape index (κ3) is 17.6. The Morgan fingerprint density at radius 3 is 2.09 bits per heavy atom. The number of hydrogen-bond donors (Lipinski definition) is 7. The quantitative estimate of drug-likeness (QED) is 0.0435. The van der Waals surface area contributed by atoms with Crippen LogP contribution in [-0.4, -0.2) is 103 Å². The van der Waals surface area contributed by atoms with Crippen molar-refractivity contribution >= 4 is 43.0 Å². The Labute approximate surface area is 376 Å². The monoisotopic (exact) mass is 906 g/mol. The molecule has 5 atom stereocenters. The van der Waals surface area contributed by atoms with Gasteiger partial charge < -0.3 is 46.3 Å². The van der Waals surface area contributed by atoms with E-state index in [1.807, 2.05) is 24.5 Å². The number of nitrogens with two attached hydrogens (primary N) is 1. The fourth-order valence-corrected chi connectivity index (χ4v) is 9.16. The van der Waals surface area contributed by atoms with Crippen LogP contribution in [0.1, 0.15) is 95.4 Å². The predicted molar refractivity (Wildman–Crippen MR) is 242 cm³/mol. The Kier molecular flexibility index (Phi) is 20.7. The number of amides is 6. The molecule has 4 rings (SSSR count). The number of carbonyl (C=O) groups is 6. The molecule has 8 N–H and O–H groups in total.